The Labute approximate surface area is 321 Å². The van der Waals surface area contributed by atoms with Gasteiger partial charge < -0.3 is 29.9 Å². The van der Waals surface area contributed by atoms with E-state index < -0.39 is 52.2 Å². The molecule has 11 nitrogen and oxygen atoms in total. The molecule has 0 saturated carbocycles. The molecule has 0 aliphatic carbocycles. The molecule has 7 heterocycles. The van der Waals surface area contributed by atoms with Gasteiger partial charge in [-0.1, -0.05) is 6.07 Å². The van der Waals surface area contributed by atoms with Crippen LogP contribution in [0.15, 0.2) is 18.2 Å². The standard InChI is InChI=1S/C38H38F6N8O3S/c1-2-51(20-6-9-49(15-20)36(53)52-16-22-10-21(52)17-54-22)34-24-11-26(38(42,43)44)29(23-4-5-27(40)32-28(23)25(13-45)33(46)56-32)30(41)31(24)47-35(48-34)55-18-37-7-3-8-50(37)14-19(39)12-37/h4-5,11,19-22H,2-3,6-10,12,14-18,46H2,1H3. The molecule has 5 aliphatic heterocycles. The van der Waals surface area contributed by atoms with E-state index in [9.17, 15) is 14.4 Å². The Balaban J connectivity index is 1.18. The normalized spacial score (nSPS) is 26.2. The number of hydrogen-bond donors (Lipinski definition) is 1. The number of benzene rings is 2. The zero-order valence-electron chi connectivity index (χ0n) is 30.3. The number of anilines is 2. The molecule has 2 aromatic heterocycles. The lowest BCUT2D eigenvalue weighted by Gasteiger charge is -2.33. The molecule has 4 aromatic rings. The van der Waals surface area contributed by atoms with Gasteiger partial charge in [0.2, 0.25) is 0 Å². The number of nitrogens with two attached hydrogens (primary N) is 1. The summed E-state index contributed by atoms with van der Waals surface area (Å²) >= 11 is 0.683. The number of thiophene rings is 1. The van der Waals surface area contributed by atoms with Crippen molar-refractivity contribution in [1.29, 1.82) is 5.26 Å². The SMILES string of the molecule is CCN(c1nc(OCC23CCCN2CC(F)C3)nc2c(F)c(-c3ccc(F)c4sc(N)c(C#N)c34)c(C(F)(F)F)cc12)C1CCN(C(=O)N2CC3CC2CO3)C1. The topological polar surface area (TPSA) is 124 Å². The fourth-order valence-electron chi connectivity index (χ4n) is 9.68. The number of nitrogen functional groups attached to an aromatic ring is 1. The molecule has 2 amide bonds. The number of urea groups is 1. The molecule has 5 unspecified atom stereocenters. The second kappa shape index (κ2) is 13.5. The maximum absolute atomic E-state index is 17.3. The maximum atomic E-state index is 17.3. The summed E-state index contributed by atoms with van der Waals surface area (Å²) in [5.74, 6) is -2.22. The highest BCUT2D eigenvalue weighted by atomic mass is 32.1. The molecule has 0 spiro atoms. The average molecular weight is 801 g/mol. The molecule has 2 bridgehead atoms. The molecule has 2 aromatic carbocycles. The molecule has 5 aliphatic rings. The molecular formula is C38H38F6N8O3S. The van der Waals surface area contributed by atoms with Crippen molar-refractivity contribution in [3.05, 3.63) is 41.0 Å². The van der Waals surface area contributed by atoms with Crippen LogP contribution in [0.1, 0.15) is 50.2 Å². The Morgan fingerprint density at radius 1 is 1.21 bits per heavy atom. The van der Waals surface area contributed by atoms with E-state index in [1.54, 1.807) is 16.7 Å². The van der Waals surface area contributed by atoms with Gasteiger partial charge in [-0.05, 0) is 56.8 Å². The smallest absolute Gasteiger partial charge is 0.417 e. The average Bonchev–Trinajstić information content (AvgIpc) is 4.02. The summed E-state index contributed by atoms with van der Waals surface area (Å²) in [6, 6.07) is 3.70. The van der Waals surface area contributed by atoms with Crippen LogP contribution in [0.5, 0.6) is 6.01 Å². The van der Waals surface area contributed by atoms with Crippen molar-refractivity contribution in [1.82, 2.24) is 24.7 Å². The molecule has 56 heavy (non-hydrogen) atoms. The molecule has 5 saturated heterocycles. The predicted octanol–water partition coefficient (Wildman–Crippen LogP) is 6.71. The number of nitriles is 1. The molecule has 5 atom stereocenters. The number of alkyl halides is 4. The first-order chi connectivity index (χ1) is 26.8. The number of hydrogen-bond acceptors (Lipinski definition) is 10. The van der Waals surface area contributed by atoms with E-state index >= 15 is 22.0 Å². The zero-order chi connectivity index (χ0) is 39.3. The van der Waals surface area contributed by atoms with Crippen LogP contribution in [0.2, 0.25) is 0 Å². The van der Waals surface area contributed by atoms with Crippen LogP contribution in [0.3, 0.4) is 0 Å². The number of morpholine rings is 1. The van der Waals surface area contributed by atoms with Gasteiger partial charge in [-0.15, -0.1) is 11.3 Å². The van der Waals surface area contributed by atoms with E-state index in [4.69, 9.17) is 15.2 Å². The van der Waals surface area contributed by atoms with Gasteiger partial charge in [0.1, 0.15) is 41.0 Å². The van der Waals surface area contributed by atoms with Crippen molar-refractivity contribution >= 4 is 49.2 Å². The van der Waals surface area contributed by atoms with Crippen LogP contribution in [-0.4, -0.2) is 113 Å². The highest BCUT2D eigenvalue weighted by Crippen LogP contribution is 2.48. The number of likely N-dealkylation sites (tertiary alicyclic amines) is 2. The van der Waals surface area contributed by atoms with Gasteiger partial charge in [0, 0.05) is 61.5 Å². The first-order valence-electron chi connectivity index (χ1n) is 18.8. The monoisotopic (exact) mass is 800 g/mol. The fraction of sp³-hybridized carbons (Fsp3) is 0.526. The van der Waals surface area contributed by atoms with Gasteiger partial charge in [0.15, 0.2) is 5.82 Å². The van der Waals surface area contributed by atoms with Gasteiger partial charge in [-0.25, -0.2) is 18.0 Å². The number of likely N-dealkylation sites (N-methyl/N-ethyl adjacent to an activating group) is 1. The highest BCUT2D eigenvalue weighted by Gasteiger charge is 2.50. The van der Waals surface area contributed by atoms with E-state index in [1.165, 1.54) is 0 Å². The summed E-state index contributed by atoms with van der Waals surface area (Å²) < 4.78 is 104. The Morgan fingerprint density at radius 3 is 2.75 bits per heavy atom. The number of amides is 2. The third-order valence-electron chi connectivity index (χ3n) is 12.3. The van der Waals surface area contributed by atoms with Gasteiger partial charge >= 0.3 is 18.2 Å². The van der Waals surface area contributed by atoms with Crippen molar-refractivity contribution in [2.45, 2.75) is 75.1 Å². The zero-order valence-corrected chi connectivity index (χ0v) is 31.2. The number of fused-ring (bicyclic) bond motifs is 5. The Bertz CT molecular complexity index is 2300. The maximum Gasteiger partial charge on any atom is 0.417 e. The summed E-state index contributed by atoms with van der Waals surface area (Å²) in [6.45, 7) is 4.54. The van der Waals surface area contributed by atoms with E-state index in [1.807, 2.05) is 15.9 Å². The Hall–Kier alpha value is -4.60. The summed E-state index contributed by atoms with van der Waals surface area (Å²) in [7, 11) is 0. The van der Waals surface area contributed by atoms with Crippen LogP contribution in [0, 0.1) is 23.0 Å². The fourth-order valence-corrected chi connectivity index (χ4v) is 10.6. The molecule has 296 valence electrons. The third-order valence-corrected chi connectivity index (χ3v) is 13.3. The van der Waals surface area contributed by atoms with Gasteiger partial charge in [-0.2, -0.15) is 28.4 Å². The van der Waals surface area contributed by atoms with Crippen molar-refractivity contribution in [3.8, 4) is 23.2 Å². The van der Waals surface area contributed by atoms with Crippen molar-refractivity contribution < 1.29 is 40.6 Å². The summed E-state index contributed by atoms with van der Waals surface area (Å²) in [5.41, 5.74) is 1.93. The van der Waals surface area contributed by atoms with Crippen LogP contribution >= 0.6 is 11.3 Å². The predicted molar refractivity (Wildman–Crippen MR) is 196 cm³/mol. The van der Waals surface area contributed by atoms with Crippen LogP contribution in [0.4, 0.5) is 42.0 Å². The van der Waals surface area contributed by atoms with Gasteiger partial charge in [-0.3, -0.25) is 4.90 Å². The van der Waals surface area contributed by atoms with Crippen molar-refractivity contribution in [3.63, 3.8) is 0 Å². The number of ether oxygens (including phenoxy) is 2. The first kappa shape index (κ1) is 37.0. The molecule has 0 radical (unpaired) electrons. The second-order valence-electron chi connectivity index (χ2n) is 15.4. The minimum absolute atomic E-state index is 0.00259. The number of rotatable bonds is 7. The van der Waals surface area contributed by atoms with E-state index in [-0.39, 0.29) is 94.3 Å². The largest absolute Gasteiger partial charge is 0.461 e. The van der Waals surface area contributed by atoms with Crippen LogP contribution in [0.25, 0.3) is 32.1 Å². The number of carbonyl (C=O) groups is 1. The van der Waals surface area contributed by atoms with E-state index in [0.717, 1.165) is 31.0 Å². The molecular weight excluding hydrogens is 763 g/mol. The van der Waals surface area contributed by atoms with Crippen LogP contribution < -0.4 is 15.4 Å². The lowest BCUT2D eigenvalue weighted by molar-refractivity contribution is -0.137. The number of nitrogens with zero attached hydrogens (tertiary/aromatic N) is 7. The van der Waals surface area contributed by atoms with E-state index in [2.05, 4.69) is 9.97 Å². The van der Waals surface area contributed by atoms with Gasteiger partial charge in [0.25, 0.3) is 0 Å². The second-order valence-corrected chi connectivity index (χ2v) is 16.5. The molecule has 18 heteroatoms. The molecule has 9 rings (SSSR count). The first-order valence-corrected chi connectivity index (χ1v) is 19.6. The summed E-state index contributed by atoms with van der Waals surface area (Å²) in [6.07, 6.45) is -3.23. The van der Waals surface area contributed by atoms with Crippen molar-refractivity contribution in [2.24, 2.45) is 0 Å². The summed E-state index contributed by atoms with van der Waals surface area (Å²) in [4.78, 5) is 30.0. The van der Waals surface area contributed by atoms with E-state index in [0.29, 0.717) is 50.4 Å². The minimum atomic E-state index is -5.13. The number of aromatic nitrogens is 2. The lowest BCUT2D eigenvalue weighted by Crippen LogP contribution is -2.49. The van der Waals surface area contributed by atoms with Crippen molar-refractivity contribution in [2.75, 3.05) is 63.1 Å². The Kier molecular flexibility index (Phi) is 8.93. The number of carbonyl (C=O) groups excluding carboxylic acids is 1. The van der Waals surface area contributed by atoms with Gasteiger partial charge in [0.05, 0.1) is 40.1 Å². The lowest BCUT2D eigenvalue weighted by atomic mass is 9.92. The Morgan fingerprint density at radius 2 is 2.04 bits per heavy atom. The highest BCUT2D eigenvalue weighted by molar-refractivity contribution is 7.23. The number of halogens is 6. The summed E-state index contributed by atoms with van der Waals surface area (Å²) in [5, 5.41) is 9.30. The quantitative estimate of drug-likeness (QED) is 0.203. The third kappa shape index (κ3) is 5.87. The molecule has 5 fully saturated rings. The molecule has 2 N–H and O–H groups in total. The minimum Gasteiger partial charge on any atom is -0.461 e. The van der Waals surface area contributed by atoms with Crippen LogP contribution in [-0.2, 0) is 10.9 Å².